The van der Waals surface area contributed by atoms with Crippen LogP contribution in [0.1, 0.15) is 17.3 Å². The van der Waals surface area contributed by atoms with E-state index in [1.165, 1.54) is 6.92 Å². The van der Waals surface area contributed by atoms with E-state index in [1.807, 2.05) is 0 Å². The highest BCUT2D eigenvalue weighted by molar-refractivity contribution is 5.93. The lowest BCUT2D eigenvalue weighted by Gasteiger charge is -2.25. The number of carboxylic acids is 1. The van der Waals surface area contributed by atoms with Gasteiger partial charge in [-0.3, -0.25) is 10.1 Å². The summed E-state index contributed by atoms with van der Waals surface area (Å²) in [6.07, 6.45) is -4.63. The maximum atomic E-state index is 13.8. The molecule has 1 N–H and O–H groups in total. The Morgan fingerprint density at radius 1 is 1.43 bits per heavy atom. The van der Waals surface area contributed by atoms with Gasteiger partial charge in [-0.1, -0.05) is 0 Å². The summed E-state index contributed by atoms with van der Waals surface area (Å²) in [5.41, 5.74) is -2.55. The first-order valence-electron chi connectivity index (χ1n) is 5.59. The highest BCUT2D eigenvalue weighted by atomic mass is 19.4. The molecule has 0 aliphatic rings. The molecular weight excluding hydrogens is 300 g/mol. The van der Waals surface area contributed by atoms with E-state index in [1.54, 1.807) is 0 Å². The second-order valence-corrected chi connectivity index (χ2v) is 4.01. The molecule has 10 heteroatoms. The molecule has 0 saturated heterocycles. The molecule has 1 aromatic rings. The van der Waals surface area contributed by atoms with Crippen LogP contribution in [0, 0.1) is 15.9 Å². The van der Waals surface area contributed by atoms with Gasteiger partial charge in [-0.2, -0.15) is 13.2 Å². The number of hydrogen-bond acceptors (Lipinski definition) is 4. The van der Waals surface area contributed by atoms with Gasteiger partial charge in [-0.05, 0) is 13.0 Å². The van der Waals surface area contributed by atoms with E-state index in [0.29, 0.717) is 17.0 Å². The number of nitrogens with zero attached hydrogens (tertiary/aromatic N) is 2. The lowest BCUT2D eigenvalue weighted by atomic mass is 10.1. The zero-order valence-electron chi connectivity index (χ0n) is 10.6. The molecule has 0 unspecified atom stereocenters. The van der Waals surface area contributed by atoms with Crippen molar-refractivity contribution in [1.29, 1.82) is 0 Å². The number of rotatable bonds is 5. The summed E-state index contributed by atoms with van der Waals surface area (Å²) >= 11 is 0. The molecule has 116 valence electrons. The largest absolute Gasteiger partial charge is 0.477 e. The van der Waals surface area contributed by atoms with E-state index >= 15 is 0 Å². The minimum Gasteiger partial charge on any atom is -0.477 e. The number of carboxylic acid groups (broad SMARTS) is 1. The van der Waals surface area contributed by atoms with E-state index in [0.717, 1.165) is 0 Å². The van der Waals surface area contributed by atoms with Crippen molar-refractivity contribution in [2.75, 3.05) is 18.0 Å². The van der Waals surface area contributed by atoms with Crippen molar-refractivity contribution < 1.29 is 32.4 Å². The SMILES string of the molecule is CCN(CC(F)(F)F)c1cc(C(=O)O)c([N+](=O)[O-])cc1F. The third kappa shape index (κ3) is 4.04. The Labute approximate surface area is 115 Å². The lowest BCUT2D eigenvalue weighted by molar-refractivity contribution is -0.385. The van der Waals surface area contributed by atoms with Gasteiger partial charge in [0.2, 0.25) is 0 Å². The number of benzene rings is 1. The molecule has 0 aliphatic carbocycles. The second-order valence-electron chi connectivity index (χ2n) is 4.01. The van der Waals surface area contributed by atoms with Crippen LogP contribution in [0.4, 0.5) is 28.9 Å². The Kier molecular flexibility index (Phi) is 4.71. The Balaban J connectivity index is 3.39. The zero-order valence-corrected chi connectivity index (χ0v) is 10.6. The first kappa shape index (κ1) is 16.7. The summed E-state index contributed by atoms with van der Waals surface area (Å²) in [6.45, 7) is -0.447. The quantitative estimate of drug-likeness (QED) is 0.513. The van der Waals surface area contributed by atoms with Gasteiger partial charge in [0.15, 0.2) is 5.82 Å². The summed E-state index contributed by atoms with van der Waals surface area (Å²) in [7, 11) is 0. The third-order valence-corrected chi connectivity index (χ3v) is 2.58. The van der Waals surface area contributed by atoms with Crippen molar-refractivity contribution in [3.05, 3.63) is 33.6 Å². The maximum absolute atomic E-state index is 13.8. The number of carbonyl (C=O) groups is 1. The minimum atomic E-state index is -4.63. The summed E-state index contributed by atoms with van der Waals surface area (Å²) in [6, 6.07) is 0.836. The van der Waals surface area contributed by atoms with Crippen molar-refractivity contribution >= 4 is 17.3 Å². The number of halogens is 4. The number of alkyl halides is 3. The van der Waals surface area contributed by atoms with Gasteiger partial charge in [-0.25, -0.2) is 9.18 Å². The van der Waals surface area contributed by atoms with Gasteiger partial charge in [0, 0.05) is 6.54 Å². The molecule has 1 aromatic carbocycles. The highest BCUT2D eigenvalue weighted by Gasteiger charge is 2.33. The van der Waals surface area contributed by atoms with Crippen molar-refractivity contribution in [1.82, 2.24) is 0 Å². The fourth-order valence-corrected chi connectivity index (χ4v) is 1.70. The molecule has 0 spiro atoms. The standard InChI is InChI=1S/C11H10F4N2O4/c1-2-16(5-11(13,14)15)9-3-6(10(18)19)8(17(20)21)4-7(9)12/h3-4H,2,5H2,1H3,(H,18,19). The molecule has 21 heavy (non-hydrogen) atoms. The Morgan fingerprint density at radius 2 is 2.00 bits per heavy atom. The molecule has 0 amide bonds. The first-order valence-corrected chi connectivity index (χ1v) is 5.59. The summed E-state index contributed by atoms with van der Waals surface area (Å²) in [4.78, 5) is 21.0. The average molecular weight is 310 g/mol. The topological polar surface area (TPSA) is 83.7 Å². The van der Waals surface area contributed by atoms with Crippen LogP contribution in [0.25, 0.3) is 0 Å². The monoisotopic (exact) mass is 310 g/mol. The van der Waals surface area contributed by atoms with E-state index in [4.69, 9.17) is 5.11 Å². The Morgan fingerprint density at radius 3 is 2.38 bits per heavy atom. The van der Waals surface area contributed by atoms with Gasteiger partial charge in [0.25, 0.3) is 5.69 Å². The fourth-order valence-electron chi connectivity index (χ4n) is 1.70. The number of nitro groups is 1. The van der Waals surface area contributed by atoms with E-state index < -0.39 is 46.4 Å². The minimum absolute atomic E-state index is 0.257. The van der Waals surface area contributed by atoms with Crippen molar-refractivity contribution in [3.63, 3.8) is 0 Å². The van der Waals surface area contributed by atoms with Crippen LogP contribution in [0.5, 0.6) is 0 Å². The fraction of sp³-hybridized carbons (Fsp3) is 0.364. The molecule has 0 bridgehead atoms. The molecule has 1 rings (SSSR count). The van der Waals surface area contributed by atoms with Crippen LogP contribution in [-0.4, -0.2) is 35.3 Å². The van der Waals surface area contributed by atoms with E-state index in [2.05, 4.69) is 0 Å². The van der Waals surface area contributed by atoms with Crippen LogP contribution in [0.2, 0.25) is 0 Å². The van der Waals surface area contributed by atoms with Crippen LogP contribution in [0.15, 0.2) is 12.1 Å². The predicted molar refractivity (Wildman–Crippen MR) is 64.0 cm³/mol. The van der Waals surface area contributed by atoms with Gasteiger partial charge in [0.1, 0.15) is 12.1 Å². The van der Waals surface area contributed by atoms with Gasteiger partial charge >= 0.3 is 12.1 Å². The molecule has 0 heterocycles. The van der Waals surface area contributed by atoms with E-state index in [9.17, 15) is 32.5 Å². The van der Waals surface area contributed by atoms with Crippen molar-refractivity contribution in [3.8, 4) is 0 Å². The highest BCUT2D eigenvalue weighted by Crippen LogP contribution is 2.30. The van der Waals surface area contributed by atoms with Crippen LogP contribution in [0.3, 0.4) is 0 Å². The molecular formula is C11H10F4N2O4. The van der Waals surface area contributed by atoms with Crippen LogP contribution < -0.4 is 4.90 Å². The predicted octanol–water partition coefficient (Wildman–Crippen LogP) is 2.82. The molecule has 0 radical (unpaired) electrons. The van der Waals surface area contributed by atoms with E-state index in [-0.39, 0.29) is 6.54 Å². The van der Waals surface area contributed by atoms with Gasteiger partial charge in [0.05, 0.1) is 16.7 Å². The van der Waals surface area contributed by atoms with Gasteiger partial charge in [-0.15, -0.1) is 0 Å². The molecule has 0 saturated carbocycles. The normalized spacial score (nSPS) is 11.3. The lowest BCUT2D eigenvalue weighted by Crippen LogP contribution is -2.34. The second kappa shape index (κ2) is 5.94. The molecule has 0 aromatic heterocycles. The van der Waals surface area contributed by atoms with Crippen LogP contribution in [-0.2, 0) is 0 Å². The number of nitro benzene ring substituents is 1. The summed E-state index contributed by atoms with van der Waals surface area (Å²) < 4.78 is 50.9. The number of aromatic carboxylic acids is 1. The molecule has 0 atom stereocenters. The number of anilines is 1. The first-order chi connectivity index (χ1) is 9.56. The van der Waals surface area contributed by atoms with Crippen LogP contribution >= 0.6 is 0 Å². The summed E-state index contributed by atoms with van der Waals surface area (Å²) in [5, 5.41) is 19.5. The van der Waals surface area contributed by atoms with Crippen molar-refractivity contribution in [2.24, 2.45) is 0 Å². The zero-order chi connectivity index (χ0) is 16.4. The Hall–Kier alpha value is -2.39. The maximum Gasteiger partial charge on any atom is 0.405 e. The van der Waals surface area contributed by atoms with Gasteiger partial charge < -0.3 is 10.0 Å². The smallest absolute Gasteiger partial charge is 0.405 e. The summed E-state index contributed by atoms with van der Waals surface area (Å²) in [5.74, 6) is -3.02. The number of hydrogen-bond donors (Lipinski definition) is 1. The Bertz CT molecular complexity index is 574. The van der Waals surface area contributed by atoms with Crippen molar-refractivity contribution in [2.45, 2.75) is 13.1 Å². The molecule has 0 fully saturated rings. The third-order valence-electron chi connectivity index (χ3n) is 2.58. The average Bonchev–Trinajstić information content (AvgIpc) is 2.34. The molecule has 6 nitrogen and oxygen atoms in total. The molecule has 0 aliphatic heterocycles.